The zero-order valence-electron chi connectivity index (χ0n) is 12.2. The van der Waals surface area contributed by atoms with E-state index in [4.69, 9.17) is 0 Å². The predicted octanol–water partition coefficient (Wildman–Crippen LogP) is 4.57. The van der Waals surface area contributed by atoms with Crippen LogP contribution in [0.25, 0.3) is 10.8 Å². The molecule has 0 amide bonds. The molecule has 0 aliphatic rings. The average Bonchev–Trinajstić information content (AvgIpc) is 2.52. The second-order valence-electron chi connectivity index (χ2n) is 5.18. The van der Waals surface area contributed by atoms with Crippen molar-refractivity contribution in [1.82, 2.24) is 0 Å². The predicted molar refractivity (Wildman–Crippen MR) is 88.8 cm³/mol. The molecule has 0 unspecified atom stereocenters. The van der Waals surface area contributed by atoms with Gasteiger partial charge in [-0.3, -0.25) is 0 Å². The van der Waals surface area contributed by atoms with Crippen LogP contribution in [0.15, 0.2) is 66.7 Å². The van der Waals surface area contributed by atoms with Crippen LogP contribution in [0.5, 0.6) is 5.75 Å². The molecule has 0 bridgehead atoms. The summed E-state index contributed by atoms with van der Waals surface area (Å²) >= 11 is 0. The molecule has 0 saturated heterocycles. The molecule has 0 fully saturated rings. The summed E-state index contributed by atoms with van der Waals surface area (Å²) in [4.78, 5) is 2.33. The van der Waals surface area contributed by atoms with E-state index in [2.05, 4.69) is 54.3 Å². The van der Waals surface area contributed by atoms with Gasteiger partial charge in [-0.2, -0.15) is 0 Å². The van der Waals surface area contributed by atoms with E-state index in [9.17, 15) is 5.11 Å². The molecule has 0 aliphatic heterocycles. The van der Waals surface area contributed by atoms with E-state index in [-0.39, 0.29) is 0 Å². The van der Waals surface area contributed by atoms with Crippen molar-refractivity contribution in [2.24, 2.45) is 0 Å². The van der Waals surface area contributed by atoms with Crippen molar-refractivity contribution in [3.05, 3.63) is 72.3 Å². The maximum absolute atomic E-state index is 9.62. The first-order valence-electron chi connectivity index (χ1n) is 7.28. The Labute approximate surface area is 125 Å². The van der Waals surface area contributed by atoms with Crippen LogP contribution in [0.4, 0.5) is 5.69 Å². The highest BCUT2D eigenvalue weighted by molar-refractivity contribution is 5.94. The van der Waals surface area contributed by atoms with Crippen molar-refractivity contribution in [2.45, 2.75) is 13.5 Å². The van der Waals surface area contributed by atoms with Gasteiger partial charge in [0, 0.05) is 24.2 Å². The van der Waals surface area contributed by atoms with Gasteiger partial charge in [0.2, 0.25) is 0 Å². The third kappa shape index (κ3) is 2.84. The second kappa shape index (κ2) is 5.88. The number of aromatic hydroxyl groups is 1. The highest BCUT2D eigenvalue weighted by atomic mass is 16.3. The van der Waals surface area contributed by atoms with E-state index < -0.39 is 0 Å². The minimum Gasteiger partial charge on any atom is -0.508 e. The Hall–Kier alpha value is -2.48. The largest absolute Gasteiger partial charge is 0.508 e. The number of phenolic OH excluding ortho intramolecular Hbond substituents is 1. The molecule has 21 heavy (non-hydrogen) atoms. The number of rotatable bonds is 4. The maximum atomic E-state index is 9.62. The molecule has 0 aromatic heterocycles. The fraction of sp³-hybridized carbons (Fsp3) is 0.158. The third-order valence-corrected chi connectivity index (χ3v) is 3.77. The first kappa shape index (κ1) is 13.5. The minimum absolute atomic E-state index is 0.321. The molecular formula is C19H19NO. The Morgan fingerprint density at radius 3 is 2.48 bits per heavy atom. The molecule has 3 aromatic carbocycles. The molecule has 0 saturated carbocycles. The van der Waals surface area contributed by atoms with Gasteiger partial charge in [-0.05, 0) is 36.1 Å². The summed E-state index contributed by atoms with van der Waals surface area (Å²) in [7, 11) is 0. The van der Waals surface area contributed by atoms with Gasteiger partial charge in [-0.25, -0.2) is 0 Å². The molecule has 0 aliphatic carbocycles. The standard InChI is InChI=1S/C19H19NO/c1-2-20(14-15-7-5-10-17(21)13-15)19-12-6-9-16-8-3-4-11-18(16)19/h3-13,21H,2,14H2,1H3. The number of hydrogen-bond donors (Lipinski definition) is 1. The van der Waals surface area contributed by atoms with E-state index in [1.54, 1.807) is 6.07 Å². The fourth-order valence-electron chi connectivity index (χ4n) is 2.73. The Balaban J connectivity index is 1.98. The monoisotopic (exact) mass is 277 g/mol. The first-order valence-corrected chi connectivity index (χ1v) is 7.28. The van der Waals surface area contributed by atoms with Crippen LogP contribution < -0.4 is 4.90 Å². The summed E-state index contributed by atoms with van der Waals surface area (Å²) in [5, 5.41) is 12.1. The molecule has 0 atom stereocenters. The van der Waals surface area contributed by atoms with Crippen molar-refractivity contribution in [2.75, 3.05) is 11.4 Å². The van der Waals surface area contributed by atoms with Crippen LogP contribution in [-0.4, -0.2) is 11.7 Å². The van der Waals surface area contributed by atoms with Crippen molar-refractivity contribution in [1.29, 1.82) is 0 Å². The van der Waals surface area contributed by atoms with Gasteiger partial charge < -0.3 is 10.0 Å². The van der Waals surface area contributed by atoms with E-state index in [1.807, 2.05) is 18.2 Å². The quantitative estimate of drug-likeness (QED) is 0.755. The average molecular weight is 277 g/mol. The number of fused-ring (bicyclic) bond motifs is 1. The third-order valence-electron chi connectivity index (χ3n) is 3.77. The highest BCUT2D eigenvalue weighted by Gasteiger charge is 2.09. The maximum Gasteiger partial charge on any atom is 0.115 e. The number of hydrogen-bond acceptors (Lipinski definition) is 2. The van der Waals surface area contributed by atoms with Crippen molar-refractivity contribution in [3.8, 4) is 5.75 Å². The first-order chi connectivity index (χ1) is 10.3. The van der Waals surface area contributed by atoms with Crippen LogP contribution in [0.1, 0.15) is 12.5 Å². The number of benzene rings is 3. The number of phenols is 1. The number of nitrogens with zero attached hydrogens (tertiary/aromatic N) is 1. The van der Waals surface area contributed by atoms with E-state index in [0.717, 1.165) is 18.7 Å². The molecule has 106 valence electrons. The van der Waals surface area contributed by atoms with E-state index in [0.29, 0.717) is 5.75 Å². The molecule has 1 N–H and O–H groups in total. The topological polar surface area (TPSA) is 23.5 Å². The van der Waals surface area contributed by atoms with Gasteiger partial charge in [-0.15, -0.1) is 0 Å². The van der Waals surface area contributed by atoms with Gasteiger partial charge >= 0.3 is 0 Å². The summed E-state index contributed by atoms with van der Waals surface area (Å²) in [6.45, 7) is 3.87. The number of anilines is 1. The van der Waals surface area contributed by atoms with Gasteiger partial charge in [0.05, 0.1) is 0 Å². The molecular weight excluding hydrogens is 258 g/mol. The van der Waals surface area contributed by atoms with Gasteiger partial charge in [-0.1, -0.05) is 48.5 Å². The lowest BCUT2D eigenvalue weighted by Gasteiger charge is -2.25. The molecule has 0 radical (unpaired) electrons. The lowest BCUT2D eigenvalue weighted by molar-refractivity contribution is 0.474. The van der Waals surface area contributed by atoms with E-state index >= 15 is 0 Å². The van der Waals surface area contributed by atoms with Crippen LogP contribution in [0.3, 0.4) is 0 Å². The molecule has 0 spiro atoms. The Kier molecular flexibility index (Phi) is 3.78. The smallest absolute Gasteiger partial charge is 0.115 e. The summed E-state index contributed by atoms with van der Waals surface area (Å²) in [6, 6.07) is 22.3. The second-order valence-corrected chi connectivity index (χ2v) is 5.18. The van der Waals surface area contributed by atoms with Crippen LogP contribution in [-0.2, 0) is 6.54 Å². The normalized spacial score (nSPS) is 10.7. The van der Waals surface area contributed by atoms with Gasteiger partial charge in [0.1, 0.15) is 5.75 Å². The fourth-order valence-corrected chi connectivity index (χ4v) is 2.73. The summed E-state index contributed by atoms with van der Waals surface area (Å²) in [5.74, 6) is 0.321. The highest BCUT2D eigenvalue weighted by Crippen LogP contribution is 2.28. The summed E-state index contributed by atoms with van der Waals surface area (Å²) in [5.41, 5.74) is 2.35. The SMILES string of the molecule is CCN(Cc1cccc(O)c1)c1cccc2ccccc12. The van der Waals surface area contributed by atoms with Crippen molar-refractivity contribution < 1.29 is 5.11 Å². The van der Waals surface area contributed by atoms with Crippen molar-refractivity contribution >= 4 is 16.5 Å². The van der Waals surface area contributed by atoms with Crippen molar-refractivity contribution in [3.63, 3.8) is 0 Å². The van der Waals surface area contributed by atoms with Crippen LogP contribution >= 0.6 is 0 Å². The Bertz CT molecular complexity index is 746. The van der Waals surface area contributed by atoms with E-state index in [1.165, 1.54) is 16.5 Å². The zero-order valence-corrected chi connectivity index (χ0v) is 12.2. The summed E-state index contributed by atoms with van der Waals surface area (Å²) in [6.07, 6.45) is 0. The summed E-state index contributed by atoms with van der Waals surface area (Å²) < 4.78 is 0. The van der Waals surface area contributed by atoms with Crippen LogP contribution in [0, 0.1) is 0 Å². The zero-order chi connectivity index (χ0) is 14.7. The lowest BCUT2D eigenvalue weighted by atomic mass is 10.1. The molecule has 3 rings (SSSR count). The Morgan fingerprint density at radius 1 is 0.905 bits per heavy atom. The molecule has 2 heteroatoms. The molecule has 3 aromatic rings. The van der Waals surface area contributed by atoms with Gasteiger partial charge in [0.25, 0.3) is 0 Å². The van der Waals surface area contributed by atoms with Crippen LogP contribution in [0.2, 0.25) is 0 Å². The molecule has 2 nitrogen and oxygen atoms in total. The molecule has 0 heterocycles. The Morgan fingerprint density at radius 2 is 1.67 bits per heavy atom. The minimum atomic E-state index is 0.321. The lowest BCUT2D eigenvalue weighted by Crippen LogP contribution is -2.22. The van der Waals surface area contributed by atoms with Gasteiger partial charge in [0.15, 0.2) is 0 Å².